The van der Waals surface area contributed by atoms with Gasteiger partial charge in [0.2, 0.25) is 0 Å². The lowest BCUT2D eigenvalue weighted by molar-refractivity contribution is -0.136. The fourth-order valence-corrected chi connectivity index (χ4v) is 0.720. The summed E-state index contributed by atoms with van der Waals surface area (Å²) in [6.07, 6.45) is -1.62. The lowest BCUT2D eigenvalue weighted by Gasteiger charge is -2.18. The molecule has 0 amide bonds. The maximum atomic E-state index is 10.4. The van der Waals surface area contributed by atoms with Crippen LogP contribution in [0.15, 0.2) is 0 Å². The molecule has 7 heteroatoms. The van der Waals surface area contributed by atoms with Crippen LogP contribution in [0.3, 0.4) is 0 Å². The average Bonchev–Trinajstić information content (AvgIpc) is 2.12. The Morgan fingerprint density at radius 1 is 1.29 bits per heavy atom. The molecule has 0 heterocycles. The molecule has 0 rings (SSSR count). The molecule has 14 heavy (non-hydrogen) atoms. The number of aliphatic hydroxyl groups is 1. The first kappa shape index (κ1) is 12.7. The monoisotopic (exact) mass is 202 g/mol. The zero-order valence-electron chi connectivity index (χ0n) is 7.69. The van der Waals surface area contributed by atoms with Crippen LogP contribution < -0.4 is 11.5 Å². The summed E-state index contributed by atoms with van der Waals surface area (Å²) in [5.74, 6) is -1.42. The first-order valence-corrected chi connectivity index (χ1v) is 3.87. The van der Waals surface area contributed by atoms with Gasteiger partial charge in [0.25, 0.3) is 0 Å². The molecule has 0 bridgehead atoms. The minimum atomic E-state index is -1.62. The van der Waals surface area contributed by atoms with Crippen molar-refractivity contribution < 1.29 is 15.0 Å². The van der Waals surface area contributed by atoms with Gasteiger partial charge >= 0.3 is 5.97 Å². The highest BCUT2D eigenvalue weighted by Crippen LogP contribution is 1.97. The molecule has 0 radical (unpaired) electrons. The largest absolute Gasteiger partial charge is 0.480 e. The van der Waals surface area contributed by atoms with E-state index in [1.807, 2.05) is 0 Å². The fourth-order valence-electron chi connectivity index (χ4n) is 0.720. The molecule has 0 saturated carbocycles. The van der Waals surface area contributed by atoms with Crippen LogP contribution in [0.1, 0.15) is 6.92 Å². The van der Waals surface area contributed by atoms with Crippen LogP contribution in [-0.2, 0) is 4.79 Å². The summed E-state index contributed by atoms with van der Waals surface area (Å²) in [7, 11) is 0. The van der Waals surface area contributed by atoms with Gasteiger partial charge in [0.1, 0.15) is 12.1 Å². The molecule has 0 aliphatic carbocycles. The van der Waals surface area contributed by atoms with Gasteiger partial charge in [0.05, 0.1) is 11.4 Å². The number of aliphatic hydroxyl groups excluding tert-OH is 1. The molecule has 7 nitrogen and oxygen atoms in total. The van der Waals surface area contributed by atoms with E-state index < -0.39 is 29.9 Å². The van der Waals surface area contributed by atoms with E-state index in [4.69, 9.17) is 27.4 Å². The third-order valence-electron chi connectivity index (χ3n) is 1.68. The molecular weight excluding hydrogens is 188 g/mol. The highest BCUT2D eigenvalue weighted by Gasteiger charge is 2.27. The lowest BCUT2D eigenvalue weighted by atomic mass is 10.00. The van der Waals surface area contributed by atoms with Gasteiger partial charge in [-0.2, -0.15) is 0 Å². The highest BCUT2D eigenvalue weighted by atomic mass is 16.4. The maximum absolute atomic E-state index is 10.4. The van der Waals surface area contributed by atoms with Gasteiger partial charge in [-0.3, -0.25) is 4.79 Å². The second kappa shape index (κ2) is 4.80. The summed E-state index contributed by atoms with van der Waals surface area (Å²) < 4.78 is 0. The first-order chi connectivity index (χ1) is 6.29. The second-order valence-corrected chi connectivity index (χ2v) is 2.92. The Morgan fingerprint density at radius 3 is 2.00 bits per heavy atom. The van der Waals surface area contributed by atoms with Gasteiger partial charge < -0.3 is 32.5 Å². The average molecular weight is 202 g/mol. The van der Waals surface area contributed by atoms with Crippen molar-refractivity contribution in [2.24, 2.45) is 11.5 Å². The van der Waals surface area contributed by atoms with E-state index in [-0.39, 0.29) is 5.71 Å². The Bertz CT molecular complexity index is 264. The molecular formula is C7H14N4O3. The van der Waals surface area contributed by atoms with E-state index in [0.717, 1.165) is 0 Å². The fraction of sp³-hybridized carbons (Fsp3) is 0.571. The topological polar surface area (TPSA) is 157 Å². The molecule has 0 aliphatic rings. The van der Waals surface area contributed by atoms with Crippen LogP contribution in [0.25, 0.3) is 0 Å². The number of aliphatic carboxylic acids is 1. The standard InChI is InChI=1S/C7H14N4O3/c1-2(8)3(9)6(12)4(10)5(11)7(13)14/h2,5-6,9-10,12H,8,11H2,1H3,(H,13,14). The number of rotatable bonds is 5. The second-order valence-electron chi connectivity index (χ2n) is 2.92. The van der Waals surface area contributed by atoms with Gasteiger partial charge in [-0.05, 0) is 6.92 Å². The number of hydrogen-bond acceptors (Lipinski definition) is 6. The Morgan fingerprint density at radius 2 is 1.71 bits per heavy atom. The van der Waals surface area contributed by atoms with Crippen molar-refractivity contribution in [3.63, 3.8) is 0 Å². The van der Waals surface area contributed by atoms with Gasteiger partial charge in [-0.15, -0.1) is 0 Å². The van der Waals surface area contributed by atoms with E-state index in [1.54, 1.807) is 0 Å². The predicted octanol–water partition coefficient (Wildman–Crippen LogP) is -1.85. The van der Waals surface area contributed by atoms with Crippen molar-refractivity contribution in [3.05, 3.63) is 0 Å². The molecule has 0 aromatic carbocycles. The smallest absolute Gasteiger partial charge is 0.326 e. The van der Waals surface area contributed by atoms with E-state index in [9.17, 15) is 9.90 Å². The third-order valence-corrected chi connectivity index (χ3v) is 1.68. The molecule has 0 spiro atoms. The van der Waals surface area contributed by atoms with Crippen LogP contribution >= 0.6 is 0 Å². The Hall–Kier alpha value is -1.31. The lowest BCUT2D eigenvalue weighted by Crippen LogP contribution is -2.49. The van der Waals surface area contributed by atoms with E-state index in [0.29, 0.717) is 0 Å². The summed E-state index contributed by atoms with van der Waals surface area (Å²) in [5.41, 5.74) is 9.39. The summed E-state index contributed by atoms with van der Waals surface area (Å²) in [6, 6.07) is -2.35. The number of carboxylic acids is 1. The molecule has 0 aromatic heterocycles. The van der Waals surface area contributed by atoms with Crippen molar-refractivity contribution in [1.82, 2.24) is 0 Å². The summed E-state index contributed by atoms with van der Waals surface area (Å²) in [5, 5.41) is 32.2. The summed E-state index contributed by atoms with van der Waals surface area (Å²) in [6.45, 7) is 1.45. The van der Waals surface area contributed by atoms with Crippen molar-refractivity contribution >= 4 is 17.4 Å². The van der Waals surface area contributed by atoms with Crippen LogP contribution in [0.5, 0.6) is 0 Å². The number of carbonyl (C=O) groups is 1. The van der Waals surface area contributed by atoms with Crippen molar-refractivity contribution in [3.8, 4) is 0 Å². The highest BCUT2D eigenvalue weighted by molar-refractivity contribution is 6.17. The Labute approximate surface area is 80.7 Å². The normalized spacial score (nSPS) is 16.9. The number of carboxylic acid groups (broad SMARTS) is 1. The van der Waals surface area contributed by atoms with Crippen LogP contribution in [0.2, 0.25) is 0 Å². The summed E-state index contributed by atoms with van der Waals surface area (Å²) >= 11 is 0. The molecule has 0 saturated heterocycles. The molecule has 3 atom stereocenters. The van der Waals surface area contributed by atoms with Crippen molar-refractivity contribution in [2.75, 3.05) is 0 Å². The van der Waals surface area contributed by atoms with E-state index in [2.05, 4.69) is 0 Å². The van der Waals surface area contributed by atoms with Crippen molar-refractivity contribution in [1.29, 1.82) is 10.8 Å². The van der Waals surface area contributed by atoms with Gasteiger partial charge in [-0.1, -0.05) is 0 Å². The number of hydrogen-bond donors (Lipinski definition) is 6. The molecule has 8 N–H and O–H groups in total. The molecule has 80 valence electrons. The molecule has 0 aliphatic heterocycles. The third kappa shape index (κ3) is 2.87. The minimum Gasteiger partial charge on any atom is -0.480 e. The van der Waals surface area contributed by atoms with E-state index in [1.165, 1.54) is 6.92 Å². The van der Waals surface area contributed by atoms with Gasteiger partial charge in [-0.25, -0.2) is 0 Å². The van der Waals surface area contributed by atoms with Gasteiger partial charge in [0, 0.05) is 6.04 Å². The number of nitrogens with one attached hydrogen (secondary N) is 2. The van der Waals surface area contributed by atoms with E-state index >= 15 is 0 Å². The predicted molar refractivity (Wildman–Crippen MR) is 50.7 cm³/mol. The van der Waals surface area contributed by atoms with Crippen LogP contribution in [0, 0.1) is 10.8 Å². The SMILES string of the molecule is CC(N)C(=N)C(O)C(=N)C(N)C(=O)O. The molecule has 0 fully saturated rings. The Kier molecular flexibility index (Phi) is 4.35. The van der Waals surface area contributed by atoms with Crippen LogP contribution in [-0.4, -0.2) is 45.8 Å². The quantitative estimate of drug-likeness (QED) is 0.288. The molecule has 0 aromatic rings. The number of nitrogens with two attached hydrogens (primary N) is 2. The van der Waals surface area contributed by atoms with Crippen LogP contribution in [0.4, 0.5) is 0 Å². The summed E-state index contributed by atoms with van der Waals surface area (Å²) in [4.78, 5) is 10.4. The Balaban J connectivity index is 4.55. The zero-order chi connectivity index (χ0) is 11.5. The van der Waals surface area contributed by atoms with Gasteiger partial charge in [0.15, 0.2) is 0 Å². The first-order valence-electron chi connectivity index (χ1n) is 3.87. The van der Waals surface area contributed by atoms with Crippen molar-refractivity contribution in [2.45, 2.75) is 25.1 Å². The maximum Gasteiger partial charge on any atom is 0.326 e. The molecule has 3 unspecified atom stereocenters. The zero-order valence-corrected chi connectivity index (χ0v) is 7.69. The minimum absolute atomic E-state index is 0.327.